The molecule has 2 aromatic carbocycles. The number of hydrogen-bond acceptors (Lipinski definition) is 6. The fourth-order valence-electron chi connectivity index (χ4n) is 4.24. The van der Waals surface area contributed by atoms with Gasteiger partial charge in [0.1, 0.15) is 11.7 Å². The second kappa shape index (κ2) is 10.1. The van der Waals surface area contributed by atoms with Crippen molar-refractivity contribution < 1.29 is 18.9 Å². The van der Waals surface area contributed by atoms with E-state index in [1.165, 1.54) is 0 Å². The summed E-state index contributed by atoms with van der Waals surface area (Å²) >= 11 is 0. The number of hydrogen-bond donors (Lipinski definition) is 3. The number of carbonyl (C=O) groups excluding carboxylic acids is 3. The van der Waals surface area contributed by atoms with Crippen LogP contribution in [0.25, 0.3) is 11.3 Å². The van der Waals surface area contributed by atoms with Crippen molar-refractivity contribution in [3.05, 3.63) is 65.9 Å². The summed E-state index contributed by atoms with van der Waals surface area (Å²) in [6.45, 7) is 3.68. The van der Waals surface area contributed by atoms with Gasteiger partial charge in [0, 0.05) is 29.3 Å². The van der Waals surface area contributed by atoms with Crippen molar-refractivity contribution in [3.8, 4) is 11.3 Å². The molecule has 0 spiro atoms. The Balaban J connectivity index is 1.60. The van der Waals surface area contributed by atoms with Gasteiger partial charge in [0.05, 0.1) is 12.2 Å². The lowest BCUT2D eigenvalue weighted by Gasteiger charge is -2.26. The summed E-state index contributed by atoms with van der Waals surface area (Å²) in [4.78, 5) is 38.7. The zero-order chi connectivity index (χ0) is 25.0. The maximum absolute atomic E-state index is 13.6. The highest BCUT2D eigenvalue weighted by Gasteiger charge is 2.33. The highest BCUT2D eigenvalue weighted by atomic mass is 16.5. The summed E-state index contributed by atoms with van der Waals surface area (Å²) in [5.41, 5.74) is 8.93. The summed E-state index contributed by atoms with van der Waals surface area (Å²) in [7, 11) is 0. The van der Waals surface area contributed by atoms with E-state index in [4.69, 9.17) is 10.3 Å². The topological polar surface area (TPSA) is 131 Å². The van der Waals surface area contributed by atoms with Gasteiger partial charge in [-0.3, -0.25) is 14.4 Å². The van der Waals surface area contributed by atoms with Crippen LogP contribution in [0.1, 0.15) is 38.0 Å². The second-order valence-corrected chi connectivity index (χ2v) is 9.36. The van der Waals surface area contributed by atoms with Crippen molar-refractivity contribution in [3.63, 3.8) is 0 Å². The molecule has 1 atom stereocenters. The lowest BCUT2D eigenvalue weighted by atomic mass is 10.0. The first kappa shape index (κ1) is 24.2. The molecule has 0 unspecified atom stereocenters. The van der Waals surface area contributed by atoms with Crippen LogP contribution < -0.4 is 21.3 Å². The molecule has 0 aliphatic carbocycles. The molecule has 9 heteroatoms. The van der Waals surface area contributed by atoms with Gasteiger partial charge in [-0.05, 0) is 44.4 Å². The smallest absolute Gasteiger partial charge is 0.249 e. The van der Waals surface area contributed by atoms with Gasteiger partial charge in [-0.1, -0.05) is 41.6 Å². The molecule has 1 aliphatic rings. The van der Waals surface area contributed by atoms with Gasteiger partial charge in [0.15, 0.2) is 5.76 Å². The molecule has 9 nitrogen and oxygen atoms in total. The first-order chi connectivity index (χ1) is 16.7. The van der Waals surface area contributed by atoms with E-state index < -0.39 is 11.6 Å². The Morgan fingerprint density at radius 2 is 1.97 bits per heavy atom. The van der Waals surface area contributed by atoms with Crippen molar-refractivity contribution in [2.75, 3.05) is 10.2 Å². The minimum Gasteiger partial charge on any atom is -0.359 e. The average Bonchev–Trinajstić information content (AvgIpc) is 3.23. The minimum atomic E-state index is -0.683. The lowest BCUT2D eigenvalue weighted by Crippen LogP contribution is -2.49. The van der Waals surface area contributed by atoms with E-state index in [1.807, 2.05) is 42.5 Å². The standard InChI is InChI=1S/C26H29N5O4/c1-26(2,27)14-24(33)29-21-12-11-17-7-3-6-10-23(17)31(25(21)34)15-18-13-22(30-35-18)19-8-4-5-9-20(19)28-16-32/h3-10,13,16,21H,11-12,14-15,27H2,1-2H3,(H,28,32)(H,29,33)/t21-/m1/s1. The molecule has 0 fully saturated rings. The van der Waals surface area contributed by atoms with E-state index in [2.05, 4.69) is 15.8 Å². The van der Waals surface area contributed by atoms with E-state index >= 15 is 0 Å². The summed E-state index contributed by atoms with van der Waals surface area (Å²) < 4.78 is 5.58. The van der Waals surface area contributed by atoms with E-state index in [0.29, 0.717) is 42.0 Å². The first-order valence-electron chi connectivity index (χ1n) is 11.5. The number of nitrogens with zero attached hydrogens (tertiary/aromatic N) is 2. The van der Waals surface area contributed by atoms with Crippen LogP contribution in [0.15, 0.2) is 59.1 Å². The third-order valence-electron chi connectivity index (χ3n) is 5.79. The van der Waals surface area contributed by atoms with Crippen molar-refractivity contribution in [1.29, 1.82) is 0 Å². The number of aromatic nitrogens is 1. The molecule has 182 valence electrons. The fourth-order valence-corrected chi connectivity index (χ4v) is 4.24. The van der Waals surface area contributed by atoms with Crippen LogP contribution in [0.4, 0.5) is 11.4 Å². The Bertz CT molecular complexity index is 1230. The van der Waals surface area contributed by atoms with Crippen LogP contribution in [-0.4, -0.2) is 35.0 Å². The normalized spacial score (nSPS) is 15.8. The highest BCUT2D eigenvalue weighted by Crippen LogP contribution is 2.31. The summed E-state index contributed by atoms with van der Waals surface area (Å²) in [5, 5.41) is 9.68. The first-order valence-corrected chi connectivity index (χ1v) is 11.5. The van der Waals surface area contributed by atoms with Crippen molar-refractivity contribution in [2.24, 2.45) is 5.73 Å². The molecule has 3 aromatic rings. The highest BCUT2D eigenvalue weighted by molar-refractivity contribution is 6.00. The molecular weight excluding hydrogens is 446 g/mol. The quantitative estimate of drug-likeness (QED) is 0.429. The van der Waals surface area contributed by atoms with Crippen LogP contribution in [0.3, 0.4) is 0 Å². The number of anilines is 2. The number of nitrogens with one attached hydrogen (secondary N) is 2. The predicted molar refractivity (Wildman–Crippen MR) is 132 cm³/mol. The Morgan fingerprint density at radius 3 is 2.74 bits per heavy atom. The Labute approximate surface area is 203 Å². The number of benzene rings is 2. The molecule has 3 amide bonds. The Hall–Kier alpha value is -3.98. The van der Waals surface area contributed by atoms with Crippen LogP contribution in [-0.2, 0) is 27.3 Å². The van der Waals surface area contributed by atoms with Gasteiger partial charge in [0.25, 0.3) is 0 Å². The molecule has 0 saturated heterocycles. The maximum Gasteiger partial charge on any atom is 0.249 e. The van der Waals surface area contributed by atoms with Crippen LogP contribution in [0, 0.1) is 0 Å². The number of carbonyl (C=O) groups is 3. The van der Waals surface area contributed by atoms with Crippen molar-refractivity contribution >= 4 is 29.6 Å². The van der Waals surface area contributed by atoms with Crippen molar-refractivity contribution in [1.82, 2.24) is 10.5 Å². The van der Waals surface area contributed by atoms with Gasteiger partial charge >= 0.3 is 0 Å². The molecule has 4 rings (SSSR count). The maximum atomic E-state index is 13.6. The molecule has 1 aliphatic heterocycles. The van der Waals surface area contributed by atoms with E-state index in [-0.39, 0.29) is 24.8 Å². The van der Waals surface area contributed by atoms with Gasteiger partial charge in [-0.15, -0.1) is 0 Å². The van der Waals surface area contributed by atoms with Gasteiger partial charge in [-0.2, -0.15) is 0 Å². The number of amides is 3. The third kappa shape index (κ3) is 5.75. The summed E-state index contributed by atoms with van der Waals surface area (Å²) in [6, 6.07) is 16.0. The zero-order valence-electron chi connectivity index (χ0n) is 19.8. The molecule has 1 aromatic heterocycles. The Morgan fingerprint density at radius 1 is 1.23 bits per heavy atom. The van der Waals surface area contributed by atoms with E-state index in [0.717, 1.165) is 11.3 Å². The molecular formula is C26H29N5O4. The largest absolute Gasteiger partial charge is 0.359 e. The average molecular weight is 476 g/mol. The predicted octanol–water partition coefficient (Wildman–Crippen LogP) is 3.00. The Kier molecular flexibility index (Phi) is 6.97. The fraction of sp³-hybridized carbons (Fsp3) is 0.308. The summed E-state index contributed by atoms with van der Waals surface area (Å²) in [6.07, 6.45) is 1.84. The summed E-state index contributed by atoms with van der Waals surface area (Å²) in [5.74, 6) is -0.0128. The number of para-hydroxylation sites is 2. The number of fused-ring (bicyclic) bond motifs is 1. The van der Waals surface area contributed by atoms with Gasteiger partial charge in [-0.25, -0.2) is 0 Å². The third-order valence-corrected chi connectivity index (χ3v) is 5.79. The molecule has 0 bridgehead atoms. The minimum absolute atomic E-state index is 0.115. The number of nitrogens with two attached hydrogens (primary N) is 1. The van der Waals surface area contributed by atoms with E-state index in [9.17, 15) is 14.4 Å². The SMILES string of the molecule is CC(C)(N)CC(=O)N[C@@H]1CCc2ccccc2N(Cc2cc(-c3ccccc3NC=O)no2)C1=O. The van der Waals surface area contributed by atoms with Crippen LogP contribution >= 0.6 is 0 Å². The molecule has 35 heavy (non-hydrogen) atoms. The lowest BCUT2D eigenvalue weighted by molar-refractivity contribution is -0.128. The zero-order valence-corrected chi connectivity index (χ0v) is 19.8. The van der Waals surface area contributed by atoms with Gasteiger partial charge in [0.2, 0.25) is 18.2 Å². The van der Waals surface area contributed by atoms with Gasteiger partial charge < -0.3 is 25.8 Å². The molecule has 4 N–H and O–H groups in total. The molecule has 0 saturated carbocycles. The van der Waals surface area contributed by atoms with Crippen molar-refractivity contribution in [2.45, 2.75) is 51.2 Å². The van der Waals surface area contributed by atoms with Crippen LogP contribution in [0.5, 0.6) is 0 Å². The number of aryl methyl sites for hydroxylation is 1. The molecule has 2 heterocycles. The molecule has 0 radical (unpaired) electrons. The second-order valence-electron chi connectivity index (χ2n) is 9.36. The van der Waals surface area contributed by atoms with E-state index in [1.54, 1.807) is 30.9 Å². The monoisotopic (exact) mass is 475 g/mol. The number of rotatable bonds is 8. The van der Waals surface area contributed by atoms with Crippen LogP contribution in [0.2, 0.25) is 0 Å².